The van der Waals surface area contributed by atoms with Gasteiger partial charge in [0.15, 0.2) is 0 Å². The van der Waals surface area contributed by atoms with E-state index < -0.39 is 0 Å². The third-order valence-electron chi connectivity index (χ3n) is 2.40. The highest BCUT2D eigenvalue weighted by molar-refractivity contribution is 5.20. The van der Waals surface area contributed by atoms with Gasteiger partial charge in [-0.15, -0.1) is 0 Å². The van der Waals surface area contributed by atoms with Crippen molar-refractivity contribution in [3.05, 3.63) is 30.1 Å². The molecule has 13 heavy (non-hydrogen) atoms. The van der Waals surface area contributed by atoms with Crippen LogP contribution in [0.3, 0.4) is 0 Å². The van der Waals surface area contributed by atoms with Gasteiger partial charge in [-0.1, -0.05) is 12.5 Å². The maximum Gasteiger partial charge on any atom is 0.0684 e. The third kappa shape index (κ3) is 1.81. The lowest BCUT2D eigenvalue weighted by Gasteiger charge is -2.32. The summed E-state index contributed by atoms with van der Waals surface area (Å²) in [4.78, 5) is 5.91. The Morgan fingerprint density at radius 3 is 2.69 bits per heavy atom. The van der Waals surface area contributed by atoms with Crippen LogP contribution in [0.1, 0.15) is 19.4 Å². The Morgan fingerprint density at radius 1 is 1.54 bits per heavy atom. The lowest BCUT2D eigenvalue weighted by molar-refractivity contribution is 0.243. The van der Waals surface area contributed by atoms with Gasteiger partial charge in [0.25, 0.3) is 0 Å². The Labute approximate surface area is 79.6 Å². The number of nitrogens with zero attached hydrogens (tertiary/aromatic N) is 2. The van der Waals surface area contributed by atoms with Crippen LogP contribution in [-0.4, -0.2) is 16.9 Å². The molecule has 0 aromatic carbocycles. The summed E-state index contributed by atoms with van der Waals surface area (Å²) in [6.45, 7) is 4.15. The molecule has 0 bridgehead atoms. The van der Waals surface area contributed by atoms with Crippen molar-refractivity contribution in [1.29, 1.82) is 0 Å². The zero-order valence-electron chi connectivity index (χ0n) is 8.28. The largest absolute Gasteiger partial charge is 0.326 e. The van der Waals surface area contributed by atoms with E-state index in [2.05, 4.69) is 24.9 Å². The SMILES string of the molecule is C#CN(C)C(C)(C)c1cccnc1. The van der Waals surface area contributed by atoms with E-state index in [0.717, 1.165) is 5.56 Å². The normalized spacial score (nSPS) is 10.6. The molecule has 1 heterocycles. The highest BCUT2D eigenvalue weighted by atomic mass is 15.1. The van der Waals surface area contributed by atoms with Crippen LogP contribution in [0.4, 0.5) is 0 Å². The van der Waals surface area contributed by atoms with Gasteiger partial charge in [0.05, 0.1) is 5.54 Å². The molecule has 2 heteroatoms. The standard InChI is InChI=1S/C11H14N2/c1-5-13(4)11(2,3)10-7-6-8-12-9-10/h1,6-9H,2-4H3. The topological polar surface area (TPSA) is 16.1 Å². The van der Waals surface area contributed by atoms with E-state index in [4.69, 9.17) is 6.42 Å². The van der Waals surface area contributed by atoms with Crippen molar-refractivity contribution in [1.82, 2.24) is 9.88 Å². The highest BCUT2D eigenvalue weighted by Crippen LogP contribution is 2.24. The molecule has 0 unspecified atom stereocenters. The zero-order chi connectivity index (χ0) is 9.90. The number of aromatic nitrogens is 1. The maximum absolute atomic E-state index is 5.35. The van der Waals surface area contributed by atoms with E-state index in [1.807, 2.05) is 30.3 Å². The molecule has 0 radical (unpaired) electrons. The fourth-order valence-corrected chi connectivity index (χ4v) is 1.08. The van der Waals surface area contributed by atoms with Gasteiger partial charge in [-0.2, -0.15) is 0 Å². The molecule has 0 fully saturated rings. The molecular weight excluding hydrogens is 160 g/mol. The quantitative estimate of drug-likeness (QED) is 0.502. The molecule has 0 saturated heterocycles. The Morgan fingerprint density at radius 2 is 2.23 bits per heavy atom. The van der Waals surface area contributed by atoms with Crippen molar-refractivity contribution < 1.29 is 0 Å². The van der Waals surface area contributed by atoms with Crippen LogP contribution < -0.4 is 0 Å². The van der Waals surface area contributed by atoms with Crippen molar-refractivity contribution in [2.75, 3.05) is 7.05 Å². The number of pyridine rings is 1. The van der Waals surface area contributed by atoms with Crippen molar-refractivity contribution >= 4 is 0 Å². The third-order valence-corrected chi connectivity index (χ3v) is 2.40. The molecule has 1 aromatic rings. The summed E-state index contributed by atoms with van der Waals surface area (Å²) < 4.78 is 0. The summed E-state index contributed by atoms with van der Waals surface area (Å²) in [6, 6.07) is 6.56. The van der Waals surface area contributed by atoms with E-state index in [9.17, 15) is 0 Å². The predicted octanol–water partition coefficient (Wildman–Crippen LogP) is 1.84. The van der Waals surface area contributed by atoms with Crippen LogP contribution in [0.15, 0.2) is 24.5 Å². The Bertz CT molecular complexity index is 309. The molecule has 2 nitrogen and oxygen atoms in total. The van der Waals surface area contributed by atoms with Crippen molar-refractivity contribution in [2.24, 2.45) is 0 Å². The van der Waals surface area contributed by atoms with Crippen LogP contribution in [0.25, 0.3) is 0 Å². The molecule has 0 saturated carbocycles. The first kappa shape index (κ1) is 9.60. The Hall–Kier alpha value is -1.49. The molecule has 0 aliphatic carbocycles. The lowest BCUT2D eigenvalue weighted by atomic mass is 9.95. The number of rotatable bonds is 2. The molecule has 0 aliphatic heterocycles. The fourth-order valence-electron chi connectivity index (χ4n) is 1.08. The van der Waals surface area contributed by atoms with E-state index in [-0.39, 0.29) is 5.54 Å². The van der Waals surface area contributed by atoms with Gasteiger partial charge < -0.3 is 4.90 Å². The summed E-state index contributed by atoms with van der Waals surface area (Å²) in [7, 11) is 1.90. The second-order valence-corrected chi connectivity index (χ2v) is 3.49. The van der Waals surface area contributed by atoms with Crippen LogP contribution in [0.2, 0.25) is 0 Å². The zero-order valence-corrected chi connectivity index (χ0v) is 8.28. The van der Waals surface area contributed by atoms with Crippen LogP contribution in [-0.2, 0) is 5.54 Å². The maximum atomic E-state index is 5.35. The molecule has 1 rings (SSSR count). The molecule has 0 atom stereocenters. The monoisotopic (exact) mass is 174 g/mol. The highest BCUT2D eigenvalue weighted by Gasteiger charge is 2.23. The summed E-state index contributed by atoms with van der Waals surface area (Å²) in [5.41, 5.74) is 0.957. The average Bonchev–Trinajstić information content (AvgIpc) is 2.18. The molecule has 0 amide bonds. The number of hydrogen-bond acceptors (Lipinski definition) is 2. The van der Waals surface area contributed by atoms with Gasteiger partial charge in [-0.25, -0.2) is 0 Å². The first-order chi connectivity index (χ1) is 6.09. The van der Waals surface area contributed by atoms with Gasteiger partial charge in [-0.05, 0) is 25.5 Å². The number of terminal acetylenes is 1. The smallest absolute Gasteiger partial charge is 0.0684 e. The first-order valence-corrected chi connectivity index (χ1v) is 4.19. The van der Waals surface area contributed by atoms with Gasteiger partial charge in [0, 0.05) is 25.5 Å². The molecule has 68 valence electrons. The minimum atomic E-state index is -0.164. The van der Waals surface area contributed by atoms with Crippen LogP contribution in [0, 0.1) is 12.5 Å². The van der Waals surface area contributed by atoms with E-state index in [1.165, 1.54) is 0 Å². The lowest BCUT2D eigenvalue weighted by Crippen LogP contribution is -2.34. The van der Waals surface area contributed by atoms with Gasteiger partial charge >= 0.3 is 0 Å². The van der Waals surface area contributed by atoms with E-state index in [1.54, 1.807) is 6.20 Å². The summed E-state index contributed by atoms with van der Waals surface area (Å²) in [6.07, 6.45) is 8.95. The van der Waals surface area contributed by atoms with Crippen LogP contribution in [0.5, 0.6) is 0 Å². The van der Waals surface area contributed by atoms with Crippen LogP contribution >= 0.6 is 0 Å². The molecule has 1 aromatic heterocycles. The van der Waals surface area contributed by atoms with Gasteiger partial charge in [0.1, 0.15) is 0 Å². The summed E-state index contributed by atoms with van der Waals surface area (Å²) in [5.74, 6) is 0. The summed E-state index contributed by atoms with van der Waals surface area (Å²) in [5, 5.41) is 0. The predicted molar refractivity (Wildman–Crippen MR) is 53.9 cm³/mol. The minimum Gasteiger partial charge on any atom is -0.326 e. The average molecular weight is 174 g/mol. The Kier molecular flexibility index (Phi) is 2.57. The Balaban J connectivity index is 3.02. The second-order valence-electron chi connectivity index (χ2n) is 3.49. The fraction of sp³-hybridized carbons (Fsp3) is 0.364. The molecule has 0 aliphatic rings. The minimum absolute atomic E-state index is 0.164. The van der Waals surface area contributed by atoms with Crippen molar-refractivity contribution in [3.8, 4) is 12.5 Å². The first-order valence-electron chi connectivity index (χ1n) is 4.19. The van der Waals surface area contributed by atoms with Gasteiger partial charge in [-0.3, -0.25) is 4.98 Å². The van der Waals surface area contributed by atoms with Crippen molar-refractivity contribution in [3.63, 3.8) is 0 Å². The van der Waals surface area contributed by atoms with E-state index >= 15 is 0 Å². The van der Waals surface area contributed by atoms with Crippen molar-refractivity contribution in [2.45, 2.75) is 19.4 Å². The van der Waals surface area contributed by atoms with Gasteiger partial charge in [0.2, 0.25) is 0 Å². The molecule has 0 spiro atoms. The van der Waals surface area contributed by atoms with E-state index in [0.29, 0.717) is 0 Å². The second kappa shape index (κ2) is 3.49. The molecule has 0 N–H and O–H groups in total. The molecular formula is C11H14N2. The number of hydrogen-bond donors (Lipinski definition) is 0. The summed E-state index contributed by atoms with van der Waals surface area (Å²) >= 11 is 0.